The zero-order valence-electron chi connectivity index (χ0n) is 10.6. The number of carbonyl (C=O) groups is 1. The Kier molecular flexibility index (Phi) is 4.01. The molecule has 4 heteroatoms. The van der Waals surface area contributed by atoms with Crippen molar-refractivity contribution in [1.82, 2.24) is 0 Å². The highest BCUT2D eigenvalue weighted by atomic mass is 16.3. The molecule has 0 unspecified atom stereocenters. The summed E-state index contributed by atoms with van der Waals surface area (Å²) in [4.78, 5) is 12.0. The molecule has 96 valence electrons. The molecule has 0 saturated carbocycles. The maximum Gasteiger partial charge on any atom is 0.258 e. The average Bonchev–Trinajstić information content (AvgIpc) is 2.84. The summed E-state index contributed by atoms with van der Waals surface area (Å²) in [6.45, 7) is 2.07. The van der Waals surface area contributed by atoms with Gasteiger partial charge in [-0.1, -0.05) is 24.0 Å². The van der Waals surface area contributed by atoms with Gasteiger partial charge in [-0.15, -0.1) is 0 Å². The highest BCUT2D eigenvalue weighted by molar-refractivity contribution is 6.04. The van der Waals surface area contributed by atoms with E-state index < -0.39 is 0 Å². The van der Waals surface area contributed by atoms with E-state index in [4.69, 9.17) is 10.2 Å². The second-order valence-electron chi connectivity index (χ2n) is 3.95. The summed E-state index contributed by atoms with van der Waals surface area (Å²) in [6, 6.07) is 9.01. The normalized spacial score (nSPS) is 9.58. The molecular formula is C15H14N2O2. The summed E-state index contributed by atoms with van der Waals surface area (Å²) in [6.07, 6.45) is 1.43. The number of nitrogens with two attached hydrogens (primary N) is 1. The van der Waals surface area contributed by atoms with Crippen molar-refractivity contribution in [2.24, 2.45) is 5.73 Å². The van der Waals surface area contributed by atoms with Gasteiger partial charge in [0.15, 0.2) is 0 Å². The predicted octanol–water partition coefficient (Wildman–Crippen LogP) is 2.15. The summed E-state index contributed by atoms with van der Waals surface area (Å²) >= 11 is 0. The molecule has 0 atom stereocenters. The van der Waals surface area contributed by atoms with Crippen LogP contribution < -0.4 is 11.1 Å². The van der Waals surface area contributed by atoms with Crippen LogP contribution in [0, 0.1) is 18.8 Å². The third-order valence-electron chi connectivity index (χ3n) is 2.49. The van der Waals surface area contributed by atoms with E-state index in [1.165, 1.54) is 6.26 Å². The lowest BCUT2D eigenvalue weighted by molar-refractivity contribution is 0.102. The first-order valence-electron chi connectivity index (χ1n) is 5.85. The van der Waals surface area contributed by atoms with Crippen molar-refractivity contribution < 1.29 is 9.21 Å². The minimum absolute atomic E-state index is 0.223. The Labute approximate surface area is 111 Å². The van der Waals surface area contributed by atoms with Crippen molar-refractivity contribution in [2.75, 3.05) is 11.9 Å². The SMILES string of the molecule is Cc1cc(C(=O)Nc2ccccc2C#CCN)co1. The maximum atomic E-state index is 12.0. The van der Waals surface area contributed by atoms with Crippen LogP contribution in [-0.2, 0) is 0 Å². The zero-order valence-corrected chi connectivity index (χ0v) is 10.6. The molecule has 1 amide bonds. The highest BCUT2D eigenvalue weighted by Gasteiger charge is 2.10. The fourth-order valence-electron chi connectivity index (χ4n) is 1.60. The van der Waals surface area contributed by atoms with Crippen molar-refractivity contribution in [1.29, 1.82) is 0 Å². The summed E-state index contributed by atoms with van der Waals surface area (Å²) in [5.41, 5.74) is 7.23. The van der Waals surface area contributed by atoms with Crippen LogP contribution in [0.5, 0.6) is 0 Å². The van der Waals surface area contributed by atoms with E-state index in [1.807, 2.05) is 18.2 Å². The number of amides is 1. The predicted molar refractivity (Wildman–Crippen MR) is 73.8 cm³/mol. The highest BCUT2D eigenvalue weighted by Crippen LogP contribution is 2.16. The Hall–Kier alpha value is -2.51. The molecule has 0 aliphatic rings. The van der Waals surface area contributed by atoms with Crippen molar-refractivity contribution in [3.05, 3.63) is 53.5 Å². The van der Waals surface area contributed by atoms with Crippen molar-refractivity contribution in [2.45, 2.75) is 6.92 Å². The quantitative estimate of drug-likeness (QED) is 0.807. The number of carbonyl (C=O) groups excluding carboxylic acids is 1. The standard InChI is InChI=1S/C15H14N2O2/c1-11-9-13(10-19-11)15(18)17-14-7-3-2-5-12(14)6-4-8-16/h2-3,5,7,9-10H,8,16H2,1H3,(H,17,18). The summed E-state index contributed by atoms with van der Waals surface area (Å²) in [5.74, 6) is 6.16. The van der Waals surface area contributed by atoms with E-state index in [-0.39, 0.29) is 12.5 Å². The van der Waals surface area contributed by atoms with Crippen LogP contribution in [0.3, 0.4) is 0 Å². The lowest BCUT2D eigenvalue weighted by atomic mass is 10.1. The average molecular weight is 254 g/mol. The molecule has 0 spiro atoms. The van der Waals surface area contributed by atoms with E-state index in [9.17, 15) is 4.79 Å². The van der Waals surface area contributed by atoms with Gasteiger partial charge in [0, 0.05) is 5.56 Å². The summed E-state index contributed by atoms with van der Waals surface area (Å²) in [7, 11) is 0. The van der Waals surface area contributed by atoms with Crippen LogP contribution in [0.25, 0.3) is 0 Å². The molecular weight excluding hydrogens is 240 g/mol. The van der Waals surface area contributed by atoms with E-state index in [2.05, 4.69) is 17.2 Å². The topological polar surface area (TPSA) is 68.3 Å². The number of rotatable bonds is 2. The van der Waals surface area contributed by atoms with Crippen LogP contribution in [0.1, 0.15) is 21.7 Å². The molecule has 2 rings (SSSR count). The van der Waals surface area contributed by atoms with Gasteiger partial charge in [-0.05, 0) is 25.1 Å². The Bertz CT molecular complexity index is 647. The number of hydrogen-bond acceptors (Lipinski definition) is 3. The van der Waals surface area contributed by atoms with Crippen molar-refractivity contribution in [3.8, 4) is 11.8 Å². The van der Waals surface area contributed by atoms with Gasteiger partial charge in [-0.2, -0.15) is 0 Å². The Balaban J connectivity index is 2.21. The molecule has 19 heavy (non-hydrogen) atoms. The number of aryl methyl sites for hydroxylation is 1. The van der Waals surface area contributed by atoms with Crippen molar-refractivity contribution in [3.63, 3.8) is 0 Å². The molecule has 0 aliphatic carbocycles. The molecule has 1 aromatic carbocycles. The second kappa shape index (κ2) is 5.89. The molecule has 1 aromatic heterocycles. The smallest absolute Gasteiger partial charge is 0.258 e. The van der Waals surface area contributed by atoms with E-state index >= 15 is 0 Å². The molecule has 0 radical (unpaired) electrons. The molecule has 1 heterocycles. The van der Waals surface area contributed by atoms with E-state index in [0.717, 1.165) is 5.56 Å². The number of furan rings is 1. The van der Waals surface area contributed by atoms with Gasteiger partial charge in [-0.3, -0.25) is 4.79 Å². The Morgan fingerprint density at radius 3 is 2.89 bits per heavy atom. The molecule has 2 aromatic rings. The number of hydrogen-bond donors (Lipinski definition) is 2. The first-order valence-corrected chi connectivity index (χ1v) is 5.85. The van der Waals surface area contributed by atoms with Gasteiger partial charge >= 0.3 is 0 Å². The van der Waals surface area contributed by atoms with Crippen LogP contribution in [0.4, 0.5) is 5.69 Å². The van der Waals surface area contributed by atoms with Crippen molar-refractivity contribution >= 4 is 11.6 Å². The van der Waals surface area contributed by atoms with Crippen LogP contribution >= 0.6 is 0 Å². The molecule has 0 saturated heterocycles. The molecule has 4 nitrogen and oxygen atoms in total. The lowest BCUT2D eigenvalue weighted by Crippen LogP contribution is -2.11. The second-order valence-corrected chi connectivity index (χ2v) is 3.95. The number of para-hydroxylation sites is 1. The van der Waals surface area contributed by atoms with Gasteiger partial charge < -0.3 is 15.5 Å². The number of benzene rings is 1. The van der Waals surface area contributed by atoms with Crippen LogP contribution in [-0.4, -0.2) is 12.5 Å². The Morgan fingerprint density at radius 1 is 1.42 bits per heavy atom. The fourth-order valence-corrected chi connectivity index (χ4v) is 1.60. The minimum atomic E-state index is -0.223. The maximum absolute atomic E-state index is 12.0. The van der Waals surface area contributed by atoms with E-state index in [0.29, 0.717) is 17.0 Å². The van der Waals surface area contributed by atoms with Gasteiger partial charge in [0.05, 0.1) is 17.8 Å². The molecule has 0 fully saturated rings. The molecule has 0 aliphatic heterocycles. The van der Waals surface area contributed by atoms with Crippen LogP contribution in [0.15, 0.2) is 41.0 Å². The van der Waals surface area contributed by atoms with Gasteiger partial charge in [-0.25, -0.2) is 0 Å². The first-order chi connectivity index (χ1) is 9.20. The monoisotopic (exact) mass is 254 g/mol. The van der Waals surface area contributed by atoms with Gasteiger partial charge in [0.1, 0.15) is 12.0 Å². The number of anilines is 1. The third kappa shape index (κ3) is 3.24. The lowest BCUT2D eigenvalue weighted by Gasteiger charge is -2.05. The number of nitrogens with one attached hydrogen (secondary N) is 1. The van der Waals surface area contributed by atoms with Gasteiger partial charge in [0.2, 0.25) is 0 Å². The zero-order chi connectivity index (χ0) is 13.7. The summed E-state index contributed by atoms with van der Waals surface area (Å²) < 4.78 is 5.11. The Morgan fingerprint density at radius 2 is 2.21 bits per heavy atom. The summed E-state index contributed by atoms with van der Waals surface area (Å²) in [5, 5.41) is 2.81. The molecule has 3 N–H and O–H groups in total. The largest absolute Gasteiger partial charge is 0.469 e. The van der Waals surface area contributed by atoms with E-state index in [1.54, 1.807) is 19.1 Å². The first kappa shape index (κ1) is 12.9. The minimum Gasteiger partial charge on any atom is -0.469 e. The van der Waals surface area contributed by atoms with Gasteiger partial charge in [0.25, 0.3) is 5.91 Å². The third-order valence-corrected chi connectivity index (χ3v) is 2.49. The fraction of sp³-hybridized carbons (Fsp3) is 0.133. The van der Waals surface area contributed by atoms with Crippen LogP contribution in [0.2, 0.25) is 0 Å². The molecule has 0 bridgehead atoms.